The van der Waals surface area contributed by atoms with Crippen LogP contribution in [-0.2, 0) is 18.0 Å². The number of nitrogens with zero attached hydrogens (tertiary/aromatic N) is 3. The molecule has 1 aromatic rings. The van der Waals surface area contributed by atoms with E-state index in [0.717, 1.165) is 5.06 Å². The van der Waals surface area contributed by atoms with E-state index >= 15 is 0 Å². The van der Waals surface area contributed by atoms with Crippen LogP contribution in [0, 0.1) is 0 Å². The van der Waals surface area contributed by atoms with E-state index in [4.69, 9.17) is 22.8 Å². The fraction of sp³-hybridized carbons (Fsp3) is 0.879. The predicted octanol–water partition coefficient (Wildman–Crippen LogP) is 8.34. The molecule has 1 N–H and O–H groups in total. The van der Waals surface area contributed by atoms with E-state index in [0.29, 0.717) is 13.2 Å². The summed E-state index contributed by atoms with van der Waals surface area (Å²) in [6.07, 6.45) is -2.68. The second-order valence-electron chi connectivity index (χ2n) is 18.3. The number of rotatable bonds is 11. The molecule has 4 atom stereocenters. The van der Waals surface area contributed by atoms with Gasteiger partial charge in [-0.05, 0) is 82.1 Å². The molecule has 0 saturated carbocycles. The molecule has 0 unspecified atom stereocenters. The van der Waals surface area contributed by atoms with Gasteiger partial charge in [0.15, 0.2) is 31.2 Å². The van der Waals surface area contributed by atoms with Crippen molar-refractivity contribution >= 4 is 30.8 Å². The monoisotopic (exact) mass is 701 g/mol. The Morgan fingerprint density at radius 3 is 1.70 bits per heavy atom. The largest absolute Gasteiger partial charge is 0.478 e. The molecule has 268 valence electrons. The fourth-order valence-corrected chi connectivity index (χ4v) is 7.90. The summed E-state index contributed by atoms with van der Waals surface area (Å²) in [7, 11) is -7.03. The Balaban J connectivity index is 2.92. The number of aromatic nitrogens is 2. The Hall–Kier alpha value is -1.07. The van der Waals surface area contributed by atoms with Crippen LogP contribution >= 0.6 is 0 Å². The van der Waals surface area contributed by atoms with Crippen LogP contribution < -0.4 is 15.5 Å². The summed E-state index contributed by atoms with van der Waals surface area (Å²) in [5, 5.41) is 12.4. The number of anilines is 1. The van der Waals surface area contributed by atoms with Crippen LogP contribution in [0.2, 0.25) is 54.4 Å². The van der Waals surface area contributed by atoms with Crippen molar-refractivity contribution in [3.63, 3.8) is 0 Å². The lowest BCUT2D eigenvalue weighted by atomic mass is 10.1. The van der Waals surface area contributed by atoms with Gasteiger partial charge in [0, 0.05) is 6.07 Å². The highest BCUT2D eigenvalue weighted by atomic mass is 28.4. The highest BCUT2D eigenvalue weighted by molar-refractivity contribution is 6.75. The third-order valence-corrected chi connectivity index (χ3v) is 23.9. The van der Waals surface area contributed by atoms with E-state index in [2.05, 4.69) is 107 Å². The van der Waals surface area contributed by atoms with Gasteiger partial charge in [0.2, 0.25) is 5.88 Å². The first kappa shape index (κ1) is 41.1. The van der Waals surface area contributed by atoms with E-state index < -0.39 is 60.7 Å². The standard InChI is InChI=1S/C33H67N3O7Si3/c1-20-39-24-21-25(36(38)30(2,3)4)35(29(37)34-24)28-27(43-46(18,19)33(11,12)13)26(42-45(16,17)32(8,9)10)23(41-28)22-40-44(14,15)31(5,6)7/h21,23,26-28,38H,20,22H2,1-19H3/t23-,26-,27-,28-/m1/s1. The summed E-state index contributed by atoms with van der Waals surface area (Å²) >= 11 is 0. The number of ether oxygens (including phenoxy) is 2. The summed E-state index contributed by atoms with van der Waals surface area (Å²) < 4.78 is 35.2. The summed E-state index contributed by atoms with van der Waals surface area (Å²) in [6.45, 7) is 41.2. The maximum atomic E-state index is 14.0. The number of hydroxylamine groups is 1. The topological polar surface area (TPSA) is 105 Å². The van der Waals surface area contributed by atoms with Gasteiger partial charge in [0.25, 0.3) is 0 Å². The molecule has 0 spiro atoms. The van der Waals surface area contributed by atoms with Crippen LogP contribution in [0.1, 0.15) is 96.2 Å². The zero-order valence-corrected chi connectivity index (χ0v) is 35.5. The van der Waals surface area contributed by atoms with E-state index in [9.17, 15) is 10.0 Å². The van der Waals surface area contributed by atoms with E-state index in [1.165, 1.54) is 4.57 Å². The minimum absolute atomic E-state index is 0.00886. The Morgan fingerprint density at radius 1 is 0.826 bits per heavy atom. The average Bonchev–Trinajstić information content (AvgIpc) is 3.14. The second kappa shape index (κ2) is 13.7. The fourth-order valence-electron chi connectivity index (χ4n) is 4.29. The molecule has 0 radical (unpaired) electrons. The van der Waals surface area contributed by atoms with Crippen molar-refractivity contribution < 1.29 is 28.0 Å². The normalized spacial score (nSPS) is 22.3. The molecule has 1 aliphatic heterocycles. The maximum Gasteiger partial charge on any atom is 0.354 e. The SMILES string of the molecule is CCOc1cc(N(O)C(C)(C)C)n([C@@H]2O[C@H](CO[Si](C)(C)C(C)(C)C)[C@@H](O[Si](C)(C)C(C)(C)C)[C@H]2O[Si](C)(C)C(C)(C)C)c(=O)n1. The van der Waals surface area contributed by atoms with Gasteiger partial charge in [-0.2, -0.15) is 4.98 Å². The average molecular weight is 702 g/mol. The van der Waals surface area contributed by atoms with Gasteiger partial charge in [-0.15, -0.1) is 0 Å². The quantitative estimate of drug-likeness (QED) is 0.180. The van der Waals surface area contributed by atoms with Crippen LogP contribution in [0.15, 0.2) is 10.9 Å². The van der Waals surface area contributed by atoms with Gasteiger partial charge in [-0.25, -0.2) is 14.4 Å². The number of hydrogen-bond donors (Lipinski definition) is 1. The van der Waals surface area contributed by atoms with Gasteiger partial charge in [-0.1, -0.05) is 62.3 Å². The van der Waals surface area contributed by atoms with E-state index in [-0.39, 0.29) is 26.8 Å². The molecule has 10 nitrogen and oxygen atoms in total. The molecule has 2 heterocycles. The van der Waals surface area contributed by atoms with E-state index in [1.54, 1.807) is 6.07 Å². The van der Waals surface area contributed by atoms with Crippen molar-refractivity contribution in [2.24, 2.45) is 0 Å². The molecule has 46 heavy (non-hydrogen) atoms. The van der Waals surface area contributed by atoms with Gasteiger partial charge in [0.1, 0.15) is 24.1 Å². The number of hydrogen-bond acceptors (Lipinski definition) is 9. The predicted molar refractivity (Wildman–Crippen MR) is 195 cm³/mol. The zero-order chi connectivity index (χ0) is 36.1. The molecule has 0 bridgehead atoms. The van der Waals surface area contributed by atoms with Gasteiger partial charge in [0.05, 0.1) is 18.8 Å². The van der Waals surface area contributed by atoms with Crippen molar-refractivity contribution in [1.82, 2.24) is 9.55 Å². The Morgan fingerprint density at radius 2 is 1.28 bits per heavy atom. The lowest BCUT2D eigenvalue weighted by Crippen LogP contribution is -2.55. The molecular formula is C33H67N3O7Si3. The first-order valence-electron chi connectivity index (χ1n) is 16.8. The minimum Gasteiger partial charge on any atom is -0.478 e. The first-order valence-corrected chi connectivity index (χ1v) is 25.5. The molecular weight excluding hydrogens is 635 g/mol. The molecule has 1 aromatic heterocycles. The molecule has 2 rings (SSSR count). The van der Waals surface area contributed by atoms with Gasteiger partial charge >= 0.3 is 5.69 Å². The molecule has 0 aromatic carbocycles. The molecule has 1 saturated heterocycles. The molecule has 0 aliphatic carbocycles. The van der Waals surface area contributed by atoms with Crippen molar-refractivity contribution in [2.75, 3.05) is 18.3 Å². The van der Waals surface area contributed by atoms with Crippen molar-refractivity contribution in [3.05, 3.63) is 16.6 Å². The summed E-state index contributed by atoms with van der Waals surface area (Å²) in [6, 6.07) is 1.59. The first-order chi connectivity index (χ1) is 20.4. The van der Waals surface area contributed by atoms with Crippen LogP contribution in [0.5, 0.6) is 5.88 Å². The summed E-state index contributed by atoms with van der Waals surface area (Å²) in [5.41, 5.74) is -1.36. The third-order valence-electron chi connectivity index (χ3n) is 10.5. The second-order valence-corrected chi connectivity index (χ2v) is 32.7. The Kier molecular flexibility index (Phi) is 12.2. The van der Waals surface area contributed by atoms with Crippen molar-refractivity contribution in [2.45, 2.75) is 174 Å². The van der Waals surface area contributed by atoms with Crippen molar-refractivity contribution in [3.8, 4) is 5.88 Å². The van der Waals surface area contributed by atoms with Crippen LogP contribution in [0.25, 0.3) is 0 Å². The zero-order valence-electron chi connectivity index (χ0n) is 32.5. The lowest BCUT2D eigenvalue weighted by Gasteiger charge is -2.44. The summed E-state index contributed by atoms with van der Waals surface area (Å²) in [4.78, 5) is 18.3. The van der Waals surface area contributed by atoms with Crippen LogP contribution in [0.4, 0.5) is 5.82 Å². The lowest BCUT2D eigenvalue weighted by molar-refractivity contribution is -0.0517. The van der Waals surface area contributed by atoms with Gasteiger partial charge in [-0.3, -0.25) is 5.21 Å². The maximum absolute atomic E-state index is 14.0. The summed E-state index contributed by atoms with van der Waals surface area (Å²) in [5.74, 6) is 0.343. The molecule has 1 fully saturated rings. The van der Waals surface area contributed by atoms with E-state index in [1.807, 2.05) is 27.7 Å². The van der Waals surface area contributed by atoms with Crippen LogP contribution in [-0.4, -0.2) is 76.8 Å². The smallest absolute Gasteiger partial charge is 0.354 e. The minimum atomic E-state index is -2.46. The molecule has 1 aliphatic rings. The van der Waals surface area contributed by atoms with Gasteiger partial charge < -0.3 is 22.8 Å². The highest BCUT2D eigenvalue weighted by Gasteiger charge is 2.55. The molecule has 0 amide bonds. The molecule has 13 heteroatoms. The van der Waals surface area contributed by atoms with Crippen LogP contribution in [0.3, 0.4) is 0 Å². The van der Waals surface area contributed by atoms with Crippen molar-refractivity contribution in [1.29, 1.82) is 0 Å². The Labute approximate surface area is 282 Å². The Bertz CT molecular complexity index is 1240. The highest BCUT2D eigenvalue weighted by Crippen LogP contribution is 2.47. The third kappa shape index (κ3) is 9.13.